The molecule has 1 aliphatic heterocycles. The Labute approximate surface area is 138 Å². The number of nitrogens with zero attached hydrogens (tertiary/aromatic N) is 3. The topological polar surface area (TPSA) is 64.4 Å². The van der Waals surface area contributed by atoms with Crippen molar-refractivity contribution in [1.29, 1.82) is 0 Å². The lowest BCUT2D eigenvalue weighted by molar-refractivity contribution is -0.118. The van der Waals surface area contributed by atoms with Crippen LogP contribution in [0.5, 0.6) is 0 Å². The van der Waals surface area contributed by atoms with E-state index >= 15 is 0 Å². The quantitative estimate of drug-likeness (QED) is 0.726. The Balaban J connectivity index is 1.81. The molecule has 0 radical (unpaired) electrons. The second-order valence-corrected chi connectivity index (χ2v) is 8.59. The molecule has 2 aliphatic rings. The maximum Gasteiger partial charge on any atom is 0.227 e. The second kappa shape index (κ2) is 7.32. The maximum absolute atomic E-state index is 12.7. The van der Waals surface area contributed by atoms with Crippen LogP contribution in [-0.4, -0.2) is 41.9 Å². The molecule has 1 aromatic heterocycles. The smallest absolute Gasteiger partial charge is 0.227 e. The molecule has 6 nitrogen and oxygen atoms in total. The van der Waals surface area contributed by atoms with E-state index in [1.165, 1.54) is 0 Å². The molecule has 1 aromatic rings. The van der Waals surface area contributed by atoms with Gasteiger partial charge in [0.2, 0.25) is 15.0 Å². The Morgan fingerprint density at radius 3 is 2.78 bits per heavy atom. The van der Waals surface area contributed by atoms with Crippen molar-refractivity contribution in [3.05, 3.63) is 11.9 Å². The van der Waals surface area contributed by atoms with Crippen LogP contribution in [0.25, 0.3) is 0 Å². The summed E-state index contributed by atoms with van der Waals surface area (Å²) in [6.07, 6.45) is 7.94. The van der Waals surface area contributed by atoms with Crippen LogP contribution in [0.4, 0.5) is 0 Å². The first kappa shape index (κ1) is 16.9. The van der Waals surface area contributed by atoms with Gasteiger partial charge in [0.25, 0.3) is 0 Å². The van der Waals surface area contributed by atoms with E-state index in [0.717, 1.165) is 57.4 Å². The largest absolute Gasteiger partial charge is 0.318 e. The van der Waals surface area contributed by atoms with Crippen molar-refractivity contribution in [3.63, 3.8) is 0 Å². The Hall–Kier alpha value is -0.920. The third kappa shape index (κ3) is 3.95. The van der Waals surface area contributed by atoms with E-state index in [4.69, 9.17) is 4.84 Å². The van der Waals surface area contributed by atoms with E-state index < -0.39 is 9.84 Å². The molecule has 0 unspecified atom stereocenters. The van der Waals surface area contributed by atoms with Crippen LogP contribution >= 0.6 is 0 Å². The summed E-state index contributed by atoms with van der Waals surface area (Å²) in [5, 5.41) is 2.16. The lowest BCUT2D eigenvalue weighted by Gasteiger charge is -2.25. The minimum Gasteiger partial charge on any atom is -0.318 e. The Bertz CT molecular complexity index is 617. The first-order valence-electron chi connectivity index (χ1n) is 8.75. The fourth-order valence-corrected chi connectivity index (χ4v) is 5.03. The van der Waals surface area contributed by atoms with E-state index in [-0.39, 0.29) is 10.9 Å². The molecule has 7 heteroatoms. The minimum absolute atomic E-state index is 0.246. The summed E-state index contributed by atoms with van der Waals surface area (Å²) in [6, 6.07) is 0. The van der Waals surface area contributed by atoms with E-state index in [1.807, 2.05) is 9.63 Å². The fourth-order valence-electron chi connectivity index (χ4n) is 3.17. The summed E-state index contributed by atoms with van der Waals surface area (Å²) in [7, 11) is -3.30. The zero-order chi connectivity index (χ0) is 16.3. The molecule has 0 N–H and O–H groups in total. The lowest BCUT2D eigenvalue weighted by atomic mass is 9.87. The van der Waals surface area contributed by atoms with Gasteiger partial charge >= 0.3 is 0 Å². The number of unbranched alkanes of at least 4 members (excludes halogenated alkanes) is 1. The third-order valence-electron chi connectivity index (χ3n) is 4.76. The van der Waals surface area contributed by atoms with Crippen LogP contribution < -0.4 is 0 Å². The zero-order valence-corrected chi connectivity index (χ0v) is 14.7. The molecular formula is C16H27N3O3S. The van der Waals surface area contributed by atoms with Gasteiger partial charge in [-0.15, -0.1) is 0 Å². The van der Waals surface area contributed by atoms with Crippen molar-refractivity contribution < 1.29 is 13.3 Å². The normalized spacial score (nSPS) is 20.0. The number of aromatic nitrogens is 2. The molecule has 1 saturated heterocycles. The highest BCUT2D eigenvalue weighted by atomic mass is 32.2. The zero-order valence-electron chi connectivity index (χ0n) is 13.9. The molecule has 2 heterocycles. The van der Waals surface area contributed by atoms with E-state index in [1.54, 1.807) is 6.20 Å². The average molecular weight is 341 g/mol. The van der Waals surface area contributed by atoms with Crippen LogP contribution in [-0.2, 0) is 27.8 Å². The van der Waals surface area contributed by atoms with Crippen molar-refractivity contribution in [2.45, 2.75) is 63.7 Å². The van der Waals surface area contributed by atoms with Gasteiger partial charge in [0.15, 0.2) is 0 Å². The van der Waals surface area contributed by atoms with Crippen molar-refractivity contribution in [2.24, 2.45) is 5.92 Å². The number of rotatable bonds is 8. The molecule has 1 saturated carbocycles. The number of hydroxylamine groups is 2. The van der Waals surface area contributed by atoms with Gasteiger partial charge in [-0.2, -0.15) is 5.06 Å². The van der Waals surface area contributed by atoms with E-state index in [2.05, 4.69) is 11.9 Å². The fraction of sp³-hybridized carbons (Fsp3) is 0.812. The summed E-state index contributed by atoms with van der Waals surface area (Å²) in [6.45, 7) is 5.07. The lowest BCUT2D eigenvalue weighted by Crippen LogP contribution is -2.25. The van der Waals surface area contributed by atoms with Gasteiger partial charge in [-0.05, 0) is 31.6 Å². The number of imidazole rings is 1. The summed E-state index contributed by atoms with van der Waals surface area (Å²) in [5.74, 6) is 0.567. The summed E-state index contributed by atoms with van der Waals surface area (Å²) in [5.41, 5.74) is 0.938. The van der Waals surface area contributed by atoms with Crippen LogP contribution in [0.15, 0.2) is 11.4 Å². The molecule has 1 aliphatic carbocycles. The molecule has 2 fully saturated rings. The van der Waals surface area contributed by atoms with Gasteiger partial charge in [-0.1, -0.05) is 19.8 Å². The van der Waals surface area contributed by atoms with Crippen LogP contribution in [0.3, 0.4) is 0 Å². The van der Waals surface area contributed by atoms with Crippen molar-refractivity contribution in [2.75, 3.05) is 18.9 Å². The van der Waals surface area contributed by atoms with Gasteiger partial charge in [0.1, 0.15) is 0 Å². The van der Waals surface area contributed by atoms with Gasteiger partial charge in [-0.3, -0.25) is 4.84 Å². The van der Waals surface area contributed by atoms with Gasteiger partial charge < -0.3 is 4.57 Å². The SMILES string of the molecule is CCCCn1c(CN2CCCO2)cnc1S(=O)(=O)CC1CCC1. The van der Waals surface area contributed by atoms with Crippen molar-refractivity contribution in [3.8, 4) is 0 Å². The molecule has 0 amide bonds. The van der Waals surface area contributed by atoms with Gasteiger partial charge in [-0.25, -0.2) is 13.4 Å². The molecule has 23 heavy (non-hydrogen) atoms. The van der Waals surface area contributed by atoms with Crippen molar-refractivity contribution in [1.82, 2.24) is 14.6 Å². The van der Waals surface area contributed by atoms with Crippen molar-refractivity contribution >= 4 is 9.84 Å². The molecule has 0 bridgehead atoms. The first-order chi connectivity index (χ1) is 11.1. The molecule has 3 rings (SSSR count). The van der Waals surface area contributed by atoms with E-state index in [0.29, 0.717) is 19.0 Å². The molecule has 0 atom stereocenters. The summed E-state index contributed by atoms with van der Waals surface area (Å²) in [4.78, 5) is 9.83. The molecular weight excluding hydrogens is 314 g/mol. The van der Waals surface area contributed by atoms with Gasteiger partial charge in [0.05, 0.1) is 30.8 Å². The van der Waals surface area contributed by atoms with Crippen LogP contribution in [0.2, 0.25) is 0 Å². The number of sulfone groups is 1. The average Bonchev–Trinajstić information content (AvgIpc) is 3.11. The maximum atomic E-state index is 12.7. The van der Waals surface area contributed by atoms with Gasteiger partial charge in [0, 0.05) is 13.1 Å². The minimum atomic E-state index is -3.30. The third-order valence-corrected chi connectivity index (χ3v) is 6.55. The molecule has 0 aromatic carbocycles. The Kier molecular flexibility index (Phi) is 5.38. The second-order valence-electron chi connectivity index (χ2n) is 6.67. The van der Waals surface area contributed by atoms with Crippen LogP contribution in [0, 0.1) is 5.92 Å². The molecule has 0 spiro atoms. The first-order valence-corrected chi connectivity index (χ1v) is 10.4. The predicted octanol–water partition coefficient (Wildman–Crippen LogP) is 2.39. The Morgan fingerprint density at radius 2 is 2.17 bits per heavy atom. The monoisotopic (exact) mass is 341 g/mol. The highest BCUT2D eigenvalue weighted by molar-refractivity contribution is 7.91. The summed E-state index contributed by atoms with van der Waals surface area (Å²) < 4.78 is 27.4. The summed E-state index contributed by atoms with van der Waals surface area (Å²) >= 11 is 0. The molecule has 130 valence electrons. The number of hydrogen-bond acceptors (Lipinski definition) is 5. The highest BCUT2D eigenvalue weighted by Gasteiger charge is 2.30. The Morgan fingerprint density at radius 1 is 1.35 bits per heavy atom. The van der Waals surface area contributed by atoms with E-state index in [9.17, 15) is 8.42 Å². The standard InChI is InChI=1S/C16H27N3O3S/c1-2-3-9-19-15(12-18-8-5-10-22-18)11-17-16(19)23(20,21)13-14-6-4-7-14/h11,14H,2-10,12-13H2,1H3. The number of hydrogen-bond donors (Lipinski definition) is 0. The predicted molar refractivity (Wildman–Crippen MR) is 87.5 cm³/mol. The van der Waals surface area contributed by atoms with Crippen LogP contribution in [0.1, 0.15) is 51.1 Å². The highest BCUT2D eigenvalue weighted by Crippen LogP contribution is 2.30.